The minimum atomic E-state index is -1.21. The van der Waals surface area contributed by atoms with E-state index in [1.807, 2.05) is 11.9 Å². The van der Waals surface area contributed by atoms with Gasteiger partial charge in [-0.2, -0.15) is 0 Å². The van der Waals surface area contributed by atoms with Crippen molar-refractivity contribution in [2.24, 2.45) is 11.8 Å². The normalized spacial score (nSPS) is 25.5. The predicted octanol–water partition coefficient (Wildman–Crippen LogP) is 0.519. The lowest BCUT2D eigenvalue weighted by atomic mass is 9.80. The van der Waals surface area contributed by atoms with Gasteiger partial charge in [0, 0.05) is 12.1 Å². The van der Waals surface area contributed by atoms with Crippen molar-refractivity contribution >= 4 is 29.0 Å². The first kappa shape index (κ1) is 26.3. The van der Waals surface area contributed by atoms with Gasteiger partial charge in [-0.25, -0.2) is 0 Å². The first-order chi connectivity index (χ1) is 15.9. The van der Waals surface area contributed by atoms with Crippen LogP contribution in [0.2, 0.25) is 0 Å². The Bertz CT molecular complexity index is 948. The van der Waals surface area contributed by atoms with Crippen LogP contribution in [0.1, 0.15) is 12.8 Å². The highest BCUT2D eigenvalue weighted by Crippen LogP contribution is 2.42. The number of rotatable bonds is 5. The van der Waals surface area contributed by atoms with Crippen LogP contribution in [0.4, 0.5) is 17.1 Å². The number of hydrogen-bond acceptors (Lipinski definition) is 13. The van der Waals surface area contributed by atoms with Crippen LogP contribution in [0.5, 0.6) is 5.75 Å². The van der Waals surface area contributed by atoms with Crippen LogP contribution in [-0.2, 0) is 19.1 Å². The number of fused-ring (bicyclic) bond motifs is 2. The third-order valence-electron chi connectivity index (χ3n) is 5.97. The van der Waals surface area contributed by atoms with Crippen molar-refractivity contribution in [3.05, 3.63) is 42.5 Å². The van der Waals surface area contributed by atoms with Crippen LogP contribution in [-0.4, -0.2) is 81.3 Å². The SMILES string of the molecule is COC(=O)C1C(O)C(C(=O)OC)C2CCC1N2C.O=[N+]([O-])c1cc([N+](=O)[O-])c(O)c([N+](=O)[O-])c1. The highest BCUT2D eigenvalue weighted by Gasteiger charge is 2.56. The van der Waals surface area contributed by atoms with E-state index < -0.39 is 67.5 Å². The molecule has 0 radical (unpaired) electrons. The Kier molecular flexibility index (Phi) is 8.01. The lowest BCUT2D eigenvalue weighted by Crippen LogP contribution is -2.59. The van der Waals surface area contributed by atoms with Gasteiger partial charge in [-0.1, -0.05) is 0 Å². The number of esters is 2. The first-order valence-corrected chi connectivity index (χ1v) is 9.73. The highest BCUT2D eigenvalue weighted by atomic mass is 16.6. The number of piperidine rings is 1. The van der Waals surface area contributed by atoms with Crippen LogP contribution in [0.15, 0.2) is 12.1 Å². The van der Waals surface area contributed by atoms with Gasteiger partial charge in [-0.3, -0.25) is 44.8 Å². The molecule has 34 heavy (non-hydrogen) atoms. The molecule has 2 heterocycles. The zero-order valence-electron chi connectivity index (χ0n) is 18.2. The molecule has 1 aromatic carbocycles. The monoisotopic (exact) mass is 486 g/mol. The molecule has 16 heteroatoms. The molecule has 4 atom stereocenters. The fourth-order valence-electron chi connectivity index (χ4n) is 4.38. The Balaban J connectivity index is 0.000000242. The van der Waals surface area contributed by atoms with Crippen molar-refractivity contribution in [3.63, 3.8) is 0 Å². The van der Waals surface area contributed by atoms with Crippen molar-refractivity contribution in [1.82, 2.24) is 4.90 Å². The molecule has 3 rings (SSSR count). The second kappa shape index (κ2) is 10.3. The van der Waals surface area contributed by atoms with E-state index in [2.05, 4.69) is 0 Å². The summed E-state index contributed by atoms with van der Waals surface area (Å²) in [6.45, 7) is 0. The zero-order valence-corrected chi connectivity index (χ0v) is 18.2. The summed E-state index contributed by atoms with van der Waals surface area (Å²) < 4.78 is 9.49. The number of ether oxygens (including phenoxy) is 2. The second-order valence-corrected chi connectivity index (χ2v) is 7.57. The summed E-state index contributed by atoms with van der Waals surface area (Å²) in [5.74, 6) is -3.49. The number of nitro groups is 3. The highest BCUT2D eigenvalue weighted by molar-refractivity contribution is 5.79. The molecule has 0 aliphatic carbocycles. The van der Waals surface area contributed by atoms with Crippen molar-refractivity contribution in [2.75, 3.05) is 21.3 Å². The molecule has 2 bridgehead atoms. The number of nitro benzene ring substituents is 3. The molecule has 2 fully saturated rings. The summed E-state index contributed by atoms with van der Waals surface area (Å²) in [7, 11) is 4.46. The van der Waals surface area contributed by atoms with Gasteiger partial charge >= 0.3 is 23.3 Å². The summed E-state index contributed by atoms with van der Waals surface area (Å²) in [6, 6.07) is 0.779. The summed E-state index contributed by atoms with van der Waals surface area (Å²) in [6.07, 6.45) is 0.537. The van der Waals surface area contributed by atoms with E-state index in [0.29, 0.717) is 12.1 Å². The molecule has 0 aromatic heterocycles. The van der Waals surface area contributed by atoms with E-state index >= 15 is 0 Å². The number of carbonyl (C=O) groups excluding carboxylic acids is 2. The van der Waals surface area contributed by atoms with Gasteiger partial charge in [0.05, 0.1) is 59.1 Å². The number of aliphatic hydroxyl groups excluding tert-OH is 1. The Hall–Kier alpha value is -3.92. The number of aliphatic hydroxyl groups is 1. The van der Waals surface area contributed by atoms with Crippen molar-refractivity contribution < 1.29 is 44.0 Å². The molecular formula is C18H22N4O12. The smallest absolute Gasteiger partial charge is 0.324 e. The van der Waals surface area contributed by atoms with Gasteiger partial charge < -0.3 is 19.7 Å². The van der Waals surface area contributed by atoms with Crippen LogP contribution in [0, 0.1) is 42.2 Å². The quantitative estimate of drug-likeness (QED) is 0.329. The van der Waals surface area contributed by atoms with Crippen LogP contribution < -0.4 is 0 Å². The molecule has 0 amide bonds. The van der Waals surface area contributed by atoms with E-state index in [-0.39, 0.29) is 12.1 Å². The maximum absolute atomic E-state index is 11.8. The maximum Gasteiger partial charge on any atom is 0.324 e. The number of phenolic OH excluding ortho intramolecular Hbond substituents is 1. The molecule has 1 aromatic rings. The maximum atomic E-state index is 11.8. The predicted molar refractivity (Wildman–Crippen MR) is 110 cm³/mol. The number of carbonyl (C=O) groups is 2. The van der Waals surface area contributed by atoms with E-state index in [9.17, 15) is 45.0 Å². The molecule has 16 nitrogen and oxygen atoms in total. The zero-order chi connectivity index (χ0) is 25.9. The molecule has 186 valence electrons. The minimum Gasteiger partial charge on any atom is -0.497 e. The summed E-state index contributed by atoms with van der Waals surface area (Å²) >= 11 is 0. The topological polar surface area (TPSA) is 226 Å². The third-order valence-corrected chi connectivity index (χ3v) is 5.97. The molecule has 4 unspecified atom stereocenters. The number of methoxy groups -OCH3 is 2. The fourth-order valence-corrected chi connectivity index (χ4v) is 4.38. The number of hydrogen-bond donors (Lipinski definition) is 2. The summed E-state index contributed by atoms with van der Waals surface area (Å²) in [5.41, 5.74) is -3.00. The van der Waals surface area contributed by atoms with Crippen molar-refractivity contribution in [3.8, 4) is 5.75 Å². The largest absolute Gasteiger partial charge is 0.497 e. The summed E-state index contributed by atoms with van der Waals surface area (Å²) in [5, 5.41) is 50.5. The van der Waals surface area contributed by atoms with Crippen molar-refractivity contribution in [2.45, 2.75) is 31.0 Å². The van der Waals surface area contributed by atoms with E-state index in [4.69, 9.17) is 14.6 Å². The number of nitrogens with zero attached hydrogens (tertiary/aromatic N) is 4. The minimum absolute atomic E-state index is 0.0571. The Labute approximate surface area is 191 Å². The third kappa shape index (κ3) is 4.86. The Morgan fingerprint density at radius 1 is 0.912 bits per heavy atom. The second-order valence-electron chi connectivity index (χ2n) is 7.57. The van der Waals surface area contributed by atoms with Crippen LogP contribution in [0.3, 0.4) is 0 Å². The van der Waals surface area contributed by atoms with Crippen LogP contribution in [0.25, 0.3) is 0 Å². The summed E-state index contributed by atoms with van der Waals surface area (Å²) in [4.78, 5) is 53.4. The molecule has 2 aliphatic heterocycles. The molecule has 0 spiro atoms. The van der Waals surface area contributed by atoms with Gasteiger partial charge in [0.25, 0.3) is 11.4 Å². The van der Waals surface area contributed by atoms with Gasteiger partial charge in [-0.05, 0) is 19.9 Å². The molecular weight excluding hydrogens is 464 g/mol. The number of aromatic hydroxyl groups is 1. The van der Waals surface area contributed by atoms with Gasteiger partial charge in [0.15, 0.2) is 0 Å². The molecule has 2 aliphatic rings. The number of non-ortho nitro benzene ring substituents is 1. The van der Waals surface area contributed by atoms with Gasteiger partial charge in [0.1, 0.15) is 0 Å². The molecule has 2 N–H and O–H groups in total. The number of phenols is 1. The fraction of sp³-hybridized carbons (Fsp3) is 0.556. The van der Waals surface area contributed by atoms with Crippen molar-refractivity contribution in [1.29, 1.82) is 0 Å². The molecule has 0 saturated carbocycles. The van der Waals surface area contributed by atoms with E-state index in [1.165, 1.54) is 14.2 Å². The molecule has 2 saturated heterocycles. The Morgan fingerprint density at radius 3 is 1.59 bits per heavy atom. The van der Waals surface area contributed by atoms with Crippen LogP contribution >= 0.6 is 0 Å². The lowest BCUT2D eigenvalue weighted by molar-refractivity contribution is -0.404. The van der Waals surface area contributed by atoms with E-state index in [0.717, 1.165) is 12.8 Å². The Morgan fingerprint density at radius 2 is 1.29 bits per heavy atom. The van der Waals surface area contributed by atoms with Gasteiger partial charge in [-0.15, -0.1) is 0 Å². The first-order valence-electron chi connectivity index (χ1n) is 9.73. The average molecular weight is 486 g/mol. The lowest BCUT2D eigenvalue weighted by Gasteiger charge is -2.43. The van der Waals surface area contributed by atoms with E-state index in [1.54, 1.807) is 0 Å². The average Bonchev–Trinajstić information content (AvgIpc) is 3.05. The number of benzene rings is 1. The van der Waals surface area contributed by atoms with Gasteiger partial charge in [0.2, 0.25) is 0 Å². The standard InChI is InChI=1S/C12H19NO5.C6H3N3O7/c1-13-6-4-5-7(13)9(12(16)18-3)10(14)8(6)11(15)17-2;10-6-4(8(13)14)1-3(7(11)12)2-5(6)9(15)16/h6-10,14H,4-5H2,1-3H3;1-2,10H.